The maximum atomic E-state index is 11.5. The number of hydrogen-bond donors (Lipinski definition) is 2. The Bertz CT molecular complexity index is 265. The Morgan fingerprint density at radius 3 is 2.93 bits per heavy atom. The number of carbonyl (C=O) groups is 1. The molecule has 0 amide bonds. The number of likely N-dealkylation sites (N-methyl/N-ethyl adjacent to an activating group) is 1. The van der Waals surface area contributed by atoms with Gasteiger partial charge >= 0.3 is 5.97 Å². The standard InChI is InChI=1S/C9H15NO5/c1-3-14-9(13)7-6(4-5-11)8(12)15-10(7)2/h4,7-8,11-12H,3,5H2,1-2H3/b6-4-. The largest absolute Gasteiger partial charge is 0.465 e. The molecule has 1 saturated heterocycles. The first kappa shape index (κ1) is 12.1. The van der Waals surface area contributed by atoms with Gasteiger partial charge in [-0.3, -0.25) is 4.84 Å². The summed E-state index contributed by atoms with van der Waals surface area (Å²) in [5.41, 5.74) is 0.304. The van der Waals surface area contributed by atoms with E-state index in [2.05, 4.69) is 0 Å². The second kappa shape index (κ2) is 5.22. The number of hydrogen-bond acceptors (Lipinski definition) is 6. The number of carbonyl (C=O) groups excluding carboxylic acids is 1. The maximum absolute atomic E-state index is 11.5. The molecule has 1 aliphatic rings. The van der Waals surface area contributed by atoms with Crippen molar-refractivity contribution in [1.29, 1.82) is 0 Å². The van der Waals surface area contributed by atoms with Crippen molar-refractivity contribution >= 4 is 5.97 Å². The number of hydroxylamine groups is 2. The van der Waals surface area contributed by atoms with E-state index >= 15 is 0 Å². The predicted octanol–water partition coefficient (Wildman–Crippen LogP) is -0.968. The average Bonchev–Trinajstić information content (AvgIpc) is 2.43. The molecule has 0 aromatic heterocycles. The van der Waals surface area contributed by atoms with Crippen LogP contribution in [0.3, 0.4) is 0 Å². The van der Waals surface area contributed by atoms with E-state index in [1.165, 1.54) is 18.2 Å². The first-order valence-electron chi connectivity index (χ1n) is 4.67. The summed E-state index contributed by atoms with van der Waals surface area (Å²) in [7, 11) is 1.52. The molecule has 1 aliphatic heterocycles. The minimum atomic E-state index is -1.20. The van der Waals surface area contributed by atoms with E-state index < -0.39 is 18.3 Å². The minimum absolute atomic E-state index is 0.256. The zero-order valence-corrected chi connectivity index (χ0v) is 8.71. The summed E-state index contributed by atoms with van der Waals surface area (Å²) in [6, 6.07) is -0.785. The molecule has 1 heterocycles. The fourth-order valence-electron chi connectivity index (χ4n) is 1.45. The van der Waals surface area contributed by atoms with Crippen LogP contribution in [0.15, 0.2) is 11.6 Å². The predicted molar refractivity (Wildman–Crippen MR) is 50.4 cm³/mol. The van der Waals surface area contributed by atoms with Gasteiger partial charge in [0, 0.05) is 12.6 Å². The summed E-state index contributed by atoms with van der Waals surface area (Å²) in [6.07, 6.45) is 0.145. The topological polar surface area (TPSA) is 79.2 Å². The van der Waals surface area contributed by atoms with Gasteiger partial charge in [-0.25, -0.2) is 4.79 Å². The van der Waals surface area contributed by atoms with Gasteiger partial charge in [-0.2, -0.15) is 5.06 Å². The van der Waals surface area contributed by atoms with Crippen LogP contribution >= 0.6 is 0 Å². The van der Waals surface area contributed by atoms with E-state index in [4.69, 9.17) is 14.7 Å². The van der Waals surface area contributed by atoms with E-state index in [0.29, 0.717) is 5.57 Å². The van der Waals surface area contributed by atoms with Crippen molar-refractivity contribution in [1.82, 2.24) is 5.06 Å². The van der Waals surface area contributed by atoms with E-state index in [1.54, 1.807) is 6.92 Å². The molecular weight excluding hydrogens is 202 g/mol. The number of aliphatic hydroxyl groups is 2. The molecule has 2 unspecified atom stereocenters. The van der Waals surface area contributed by atoms with Crippen LogP contribution < -0.4 is 0 Å². The van der Waals surface area contributed by atoms with Crippen molar-refractivity contribution in [2.45, 2.75) is 19.3 Å². The maximum Gasteiger partial charge on any atom is 0.330 e. The molecule has 6 heteroatoms. The van der Waals surface area contributed by atoms with Crippen LogP contribution in [0.25, 0.3) is 0 Å². The molecule has 1 rings (SSSR count). The SMILES string of the molecule is CCOC(=O)C1/C(=C/CO)C(O)ON1C. The van der Waals surface area contributed by atoms with Gasteiger partial charge in [-0.05, 0) is 6.92 Å². The van der Waals surface area contributed by atoms with Crippen molar-refractivity contribution < 1.29 is 24.6 Å². The molecule has 0 saturated carbocycles. The van der Waals surface area contributed by atoms with Crippen LogP contribution in [-0.4, -0.2) is 53.8 Å². The van der Waals surface area contributed by atoms with E-state index in [-0.39, 0.29) is 13.2 Å². The van der Waals surface area contributed by atoms with Gasteiger partial charge in [0.1, 0.15) is 0 Å². The van der Waals surface area contributed by atoms with Crippen LogP contribution in [0.2, 0.25) is 0 Å². The summed E-state index contributed by atoms with van der Waals surface area (Å²) in [6.45, 7) is 1.69. The molecule has 2 atom stereocenters. The number of esters is 1. The summed E-state index contributed by atoms with van der Waals surface area (Å²) in [5.74, 6) is -0.503. The lowest BCUT2D eigenvalue weighted by Gasteiger charge is -2.15. The Morgan fingerprint density at radius 1 is 1.73 bits per heavy atom. The summed E-state index contributed by atoms with van der Waals surface area (Å²) in [4.78, 5) is 16.4. The lowest BCUT2D eigenvalue weighted by Crippen LogP contribution is -2.35. The van der Waals surface area contributed by atoms with E-state index in [9.17, 15) is 9.90 Å². The molecule has 15 heavy (non-hydrogen) atoms. The Hall–Kier alpha value is -0.950. The van der Waals surface area contributed by atoms with Gasteiger partial charge < -0.3 is 14.9 Å². The quantitative estimate of drug-likeness (QED) is 0.468. The highest BCUT2D eigenvalue weighted by Crippen LogP contribution is 2.24. The highest BCUT2D eigenvalue weighted by molar-refractivity contribution is 5.80. The van der Waals surface area contributed by atoms with Crippen molar-refractivity contribution in [3.63, 3.8) is 0 Å². The molecule has 0 aromatic carbocycles. The van der Waals surface area contributed by atoms with Gasteiger partial charge in [0.15, 0.2) is 12.3 Å². The summed E-state index contributed by atoms with van der Waals surface area (Å²) < 4.78 is 4.83. The lowest BCUT2D eigenvalue weighted by atomic mass is 10.1. The third-order valence-corrected chi connectivity index (χ3v) is 2.07. The van der Waals surface area contributed by atoms with Crippen LogP contribution in [0.4, 0.5) is 0 Å². The lowest BCUT2D eigenvalue weighted by molar-refractivity contribution is -0.209. The highest BCUT2D eigenvalue weighted by atomic mass is 16.8. The minimum Gasteiger partial charge on any atom is -0.465 e. The van der Waals surface area contributed by atoms with Gasteiger partial charge in [-0.1, -0.05) is 6.08 Å². The molecular formula is C9H15NO5. The molecule has 0 bridgehead atoms. The third kappa shape index (κ3) is 2.54. The van der Waals surface area contributed by atoms with E-state index in [0.717, 1.165) is 0 Å². The molecule has 86 valence electrons. The van der Waals surface area contributed by atoms with Crippen LogP contribution in [0.1, 0.15) is 6.92 Å². The Balaban J connectivity index is 2.83. The monoisotopic (exact) mass is 217 g/mol. The van der Waals surface area contributed by atoms with Crippen LogP contribution in [-0.2, 0) is 14.4 Å². The first-order chi connectivity index (χ1) is 7.11. The highest BCUT2D eigenvalue weighted by Gasteiger charge is 2.40. The molecule has 0 aliphatic carbocycles. The zero-order chi connectivity index (χ0) is 11.4. The van der Waals surface area contributed by atoms with Crippen molar-refractivity contribution in [2.24, 2.45) is 0 Å². The number of ether oxygens (including phenoxy) is 1. The number of rotatable bonds is 3. The van der Waals surface area contributed by atoms with Crippen LogP contribution in [0.5, 0.6) is 0 Å². The van der Waals surface area contributed by atoms with Crippen LogP contribution in [0, 0.1) is 0 Å². The smallest absolute Gasteiger partial charge is 0.330 e. The number of aliphatic hydroxyl groups excluding tert-OH is 2. The Kier molecular flexibility index (Phi) is 4.22. The molecule has 2 N–H and O–H groups in total. The Labute approximate surface area is 87.7 Å². The summed E-state index contributed by atoms with van der Waals surface area (Å²) >= 11 is 0. The van der Waals surface area contributed by atoms with Crippen molar-refractivity contribution in [2.75, 3.05) is 20.3 Å². The molecule has 0 spiro atoms. The fraction of sp³-hybridized carbons (Fsp3) is 0.667. The fourth-order valence-corrected chi connectivity index (χ4v) is 1.45. The van der Waals surface area contributed by atoms with E-state index in [1.807, 2.05) is 0 Å². The molecule has 0 radical (unpaired) electrons. The first-order valence-corrected chi connectivity index (χ1v) is 4.67. The van der Waals surface area contributed by atoms with Gasteiger partial charge in [0.25, 0.3) is 0 Å². The second-order valence-corrected chi connectivity index (χ2v) is 3.05. The summed E-state index contributed by atoms with van der Waals surface area (Å²) in [5, 5.41) is 19.4. The molecule has 6 nitrogen and oxygen atoms in total. The Morgan fingerprint density at radius 2 is 2.40 bits per heavy atom. The van der Waals surface area contributed by atoms with Gasteiger partial charge in [-0.15, -0.1) is 0 Å². The molecule has 0 aromatic rings. The second-order valence-electron chi connectivity index (χ2n) is 3.05. The third-order valence-electron chi connectivity index (χ3n) is 2.07. The molecule has 1 fully saturated rings. The number of nitrogens with zero attached hydrogens (tertiary/aromatic N) is 1. The normalized spacial score (nSPS) is 29.7. The zero-order valence-electron chi connectivity index (χ0n) is 8.71. The van der Waals surface area contributed by atoms with Gasteiger partial charge in [0.2, 0.25) is 0 Å². The van der Waals surface area contributed by atoms with Crippen molar-refractivity contribution in [3.8, 4) is 0 Å². The van der Waals surface area contributed by atoms with Crippen molar-refractivity contribution in [3.05, 3.63) is 11.6 Å². The average molecular weight is 217 g/mol. The van der Waals surface area contributed by atoms with Gasteiger partial charge in [0.05, 0.1) is 13.2 Å².